The van der Waals surface area contributed by atoms with Crippen molar-refractivity contribution in [2.75, 3.05) is 0 Å². The van der Waals surface area contributed by atoms with Gasteiger partial charge in [0.2, 0.25) is 0 Å². The zero-order valence-electron chi connectivity index (χ0n) is 9.55. The van der Waals surface area contributed by atoms with E-state index in [4.69, 9.17) is 23.2 Å². The molecule has 2 rings (SSSR count). The summed E-state index contributed by atoms with van der Waals surface area (Å²) in [7, 11) is 0. The fourth-order valence-electron chi connectivity index (χ4n) is 1.28. The van der Waals surface area contributed by atoms with E-state index in [1.807, 2.05) is 0 Å². The number of hydrogen-bond donors (Lipinski definition) is 1. The first-order valence-corrected chi connectivity index (χ1v) is 5.97. The van der Waals surface area contributed by atoms with Crippen LogP contribution in [0.4, 0.5) is 0 Å². The number of carbonyl (C=O) groups is 1. The standard InChI is InChI=1S/C12H8Cl2N4O/c13-10-4-8(5-11(14)17-10)6-16-18-12(19)9-2-1-3-15-7-9/h1-7H,(H,18,19)/b16-6+. The summed E-state index contributed by atoms with van der Waals surface area (Å²) in [6.07, 6.45) is 4.46. The summed E-state index contributed by atoms with van der Waals surface area (Å²) in [4.78, 5) is 19.3. The third-order valence-electron chi connectivity index (χ3n) is 2.09. The van der Waals surface area contributed by atoms with Gasteiger partial charge in [-0.1, -0.05) is 23.2 Å². The van der Waals surface area contributed by atoms with E-state index in [2.05, 4.69) is 20.5 Å². The Balaban J connectivity index is 2.02. The molecule has 2 aromatic heterocycles. The number of nitrogens with zero attached hydrogens (tertiary/aromatic N) is 3. The quantitative estimate of drug-likeness (QED) is 0.537. The number of hydrazone groups is 1. The van der Waals surface area contributed by atoms with Crippen molar-refractivity contribution >= 4 is 35.3 Å². The van der Waals surface area contributed by atoms with Gasteiger partial charge in [0.05, 0.1) is 11.8 Å². The van der Waals surface area contributed by atoms with E-state index in [1.165, 1.54) is 12.4 Å². The minimum Gasteiger partial charge on any atom is -0.267 e. The van der Waals surface area contributed by atoms with Crippen LogP contribution in [0.2, 0.25) is 10.3 Å². The van der Waals surface area contributed by atoms with E-state index in [1.54, 1.807) is 30.5 Å². The summed E-state index contributed by atoms with van der Waals surface area (Å²) >= 11 is 11.5. The number of carbonyl (C=O) groups excluding carboxylic acids is 1. The van der Waals surface area contributed by atoms with Crippen molar-refractivity contribution in [3.05, 3.63) is 58.1 Å². The SMILES string of the molecule is O=C(N/N=C/c1cc(Cl)nc(Cl)c1)c1cccnc1. The van der Waals surface area contributed by atoms with E-state index >= 15 is 0 Å². The number of aromatic nitrogens is 2. The molecule has 0 aromatic carbocycles. The average Bonchev–Trinajstić information content (AvgIpc) is 2.38. The third kappa shape index (κ3) is 4.01. The van der Waals surface area contributed by atoms with Gasteiger partial charge in [0.1, 0.15) is 10.3 Å². The fraction of sp³-hybridized carbons (Fsp3) is 0. The van der Waals surface area contributed by atoms with Gasteiger partial charge in [-0.2, -0.15) is 5.10 Å². The number of nitrogens with one attached hydrogen (secondary N) is 1. The Hall–Kier alpha value is -1.98. The lowest BCUT2D eigenvalue weighted by molar-refractivity contribution is 0.0955. The molecule has 0 aliphatic heterocycles. The monoisotopic (exact) mass is 294 g/mol. The molecular weight excluding hydrogens is 287 g/mol. The van der Waals surface area contributed by atoms with Gasteiger partial charge in [0.25, 0.3) is 5.91 Å². The summed E-state index contributed by atoms with van der Waals surface area (Å²) in [6, 6.07) is 6.46. The second kappa shape index (κ2) is 6.26. The van der Waals surface area contributed by atoms with Crippen LogP contribution in [-0.4, -0.2) is 22.1 Å². The van der Waals surface area contributed by atoms with Crippen LogP contribution in [-0.2, 0) is 0 Å². The highest BCUT2D eigenvalue weighted by Gasteiger charge is 2.02. The van der Waals surface area contributed by atoms with Gasteiger partial charge in [-0.05, 0) is 24.3 Å². The van der Waals surface area contributed by atoms with Crippen LogP contribution in [0.3, 0.4) is 0 Å². The Bertz CT molecular complexity index is 596. The second-order valence-corrected chi connectivity index (χ2v) is 4.26. The molecule has 0 aliphatic rings. The van der Waals surface area contributed by atoms with Crippen molar-refractivity contribution in [2.45, 2.75) is 0 Å². The van der Waals surface area contributed by atoms with Crippen LogP contribution in [0, 0.1) is 0 Å². The summed E-state index contributed by atoms with van der Waals surface area (Å²) in [5.74, 6) is -0.351. The molecule has 0 atom stereocenters. The van der Waals surface area contributed by atoms with E-state index in [9.17, 15) is 4.79 Å². The number of pyridine rings is 2. The Morgan fingerprint density at radius 2 is 2.05 bits per heavy atom. The highest BCUT2D eigenvalue weighted by molar-refractivity contribution is 6.32. The lowest BCUT2D eigenvalue weighted by Gasteiger charge is -1.99. The van der Waals surface area contributed by atoms with E-state index in [0.29, 0.717) is 11.1 Å². The van der Waals surface area contributed by atoms with Gasteiger partial charge in [-0.15, -0.1) is 0 Å². The molecule has 96 valence electrons. The largest absolute Gasteiger partial charge is 0.272 e. The second-order valence-electron chi connectivity index (χ2n) is 3.49. The molecule has 0 bridgehead atoms. The Morgan fingerprint density at radius 1 is 1.32 bits per heavy atom. The summed E-state index contributed by atoms with van der Waals surface area (Å²) < 4.78 is 0. The molecule has 19 heavy (non-hydrogen) atoms. The van der Waals surface area contributed by atoms with Gasteiger partial charge >= 0.3 is 0 Å². The Kier molecular flexibility index (Phi) is 4.43. The van der Waals surface area contributed by atoms with Crippen molar-refractivity contribution in [3.63, 3.8) is 0 Å². The molecular formula is C12H8Cl2N4O. The molecule has 2 aromatic rings. The summed E-state index contributed by atoms with van der Waals surface area (Å²) in [6.45, 7) is 0. The molecule has 0 saturated carbocycles. The van der Waals surface area contributed by atoms with Crippen LogP contribution in [0.15, 0.2) is 41.8 Å². The van der Waals surface area contributed by atoms with Crippen LogP contribution >= 0.6 is 23.2 Å². The third-order valence-corrected chi connectivity index (χ3v) is 2.48. The predicted molar refractivity (Wildman–Crippen MR) is 73.6 cm³/mol. The molecule has 0 unspecified atom stereocenters. The highest BCUT2D eigenvalue weighted by atomic mass is 35.5. The van der Waals surface area contributed by atoms with Crippen molar-refractivity contribution in [2.24, 2.45) is 5.10 Å². The molecule has 0 radical (unpaired) electrons. The number of amides is 1. The summed E-state index contributed by atoms with van der Waals surface area (Å²) in [5, 5.41) is 4.32. The maximum atomic E-state index is 11.6. The van der Waals surface area contributed by atoms with Crippen LogP contribution in [0.1, 0.15) is 15.9 Å². The minimum atomic E-state index is -0.351. The van der Waals surface area contributed by atoms with Crippen LogP contribution in [0.5, 0.6) is 0 Å². The maximum Gasteiger partial charge on any atom is 0.272 e. The van der Waals surface area contributed by atoms with Gasteiger partial charge in [0, 0.05) is 18.0 Å². The molecule has 2 heterocycles. The van der Waals surface area contributed by atoms with E-state index < -0.39 is 0 Å². The first-order chi connectivity index (χ1) is 9.15. The maximum absolute atomic E-state index is 11.6. The van der Waals surface area contributed by atoms with Crippen molar-refractivity contribution in [1.29, 1.82) is 0 Å². The lowest BCUT2D eigenvalue weighted by Crippen LogP contribution is -2.17. The van der Waals surface area contributed by atoms with E-state index in [0.717, 1.165) is 0 Å². The molecule has 1 amide bonds. The normalized spacial score (nSPS) is 10.6. The van der Waals surface area contributed by atoms with E-state index in [-0.39, 0.29) is 16.2 Å². The summed E-state index contributed by atoms with van der Waals surface area (Å²) in [5.41, 5.74) is 3.43. The first-order valence-electron chi connectivity index (χ1n) is 5.21. The topological polar surface area (TPSA) is 67.2 Å². The number of halogens is 2. The van der Waals surface area contributed by atoms with Crippen LogP contribution < -0.4 is 5.43 Å². The van der Waals surface area contributed by atoms with Crippen LogP contribution in [0.25, 0.3) is 0 Å². The van der Waals surface area contributed by atoms with Gasteiger partial charge in [-0.25, -0.2) is 10.4 Å². The van der Waals surface area contributed by atoms with Crippen molar-refractivity contribution in [1.82, 2.24) is 15.4 Å². The predicted octanol–water partition coefficient (Wildman–Crippen LogP) is 2.55. The Morgan fingerprint density at radius 3 is 2.68 bits per heavy atom. The van der Waals surface area contributed by atoms with Gasteiger partial charge in [-0.3, -0.25) is 9.78 Å². The van der Waals surface area contributed by atoms with Gasteiger partial charge in [0.15, 0.2) is 0 Å². The molecule has 0 saturated heterocycles. The number of rotatable bonds is 3. The first kappa shape index (κ1) is 13.5. The van der Waals surface area contributed by atoms with Gasteiger partial charge < -0.3 is 0 Å². The molecule has 0 spiro atoms. The molecule has 0 fully saturated rings. The molecule has 1 N–H and O–H groups in total. The Labute approximate surface area is 119 Å². The smallest absolute Gasteiger partial charge is 0.267 e. The molecule has 7 heteroatoms. The average molecular weight is 295 g/mol. The lowest BCUT2D eigenvalue weighted by atomic mass is 10.3. The molecule has 0 aliphatic carbocycles. The zero-order chi connectivity index (χ0) is 13.7. The minimum absolute atomic E-state index is 0.257. The van der Waals surface area contributed by atoms with Crippen molar-refractivity contribution < 1.29 is 4.79 Å². The van der Waals surface area contributed by atoms with Crippen molar-refractivity contribution in [3.8, 4) is 0 Å². The number of hydrogen-bond acceptors (Lipinski definition) is 4. The fourth-order valence-corrected chi connectivity index (χ4v) is 1.76. The highest BCUT2D eigenvalue weighted by Crippen LogP contribution is 2.12. The molecule has 5 nitrogen and oxygen atoms in total. The zero-order valence-corrected chi connectivity index (χ0v) is 11.1.